The summed E-state index contributed by atoms with van der Waals surface area (Å²) in [6, 6.07) is 19.6. The van der Waals surface area contributed by atoms with Crippen LogP contribution < -0.4 is 23.7 Å². The van der Waals surface area contributed by atoms with Crippen LogP contribution in [0.1, 0.15) is 6.42 Å². The van der Waals surface area contributed by atoms with Crippen LogP contribution in [0.5, 0.6) is 28.7 Å². The minimum Gasteiger partial charge on any atom is -0.497 e. The van der Waals surface area contributed by atoms with E-state index in [1.165, 1.54) is 0 Å². The zero-order chi connectivity index (χ0) is 23.2. The van der Waals surface area contributed by atoms with E-state index >= 15 is 0 Å². The lowest BCUT2D eigenvalue weighted by Gasteiger charge is -2.15. The third-order valence-electron chi connectivity index (χ3n) is 5.43. The predicted octanol–water partition coefficient (Wildman–Crippen LogP) is 5.21. The van der Waals surface area contributed by atoms with Crippen LogP contribution in [-0.4, -0.2) is 44.6 Å². The van der Waals surface area contributed by atoms with E-state index in [0.29, 0.717) is 23.9 Å². The second-order valence-electron chi connectivity index (χ2n) is 7.37. The molecule has 0 unspecified atom stereocenters. The maximum Gasteiger partial charge on any atom is 0.203 e. The third kappa shape index (κ3) is 4.67. The molecule has 0 aliphatic carbocycles. The van der Waals surface area contributed by atoms with Crippen molar-refractivity contribution < 1.29 is 23.7 Å². The molecule has 1 aromatic heterocycles. The average molecular weight is 449 g/mol. The maximum absolute atomic E-state index is 5.92. The normalized spacial score (nSPS) is 10.8. The maximum atomic E-state index is 5.92. The van der Waals surface area contributed by atoms with Crippen LogP contribution >= 0.6 is 0 Å². The molecule has 7 nitrogen and oxygen atoms in total. The van der Waals surface area contributed by atoms with Crippen LogP contribution in [0, 0.1) is 0 Å². The van der Waals surface area contributed by atoms with Gasteiger partial charge in [-0.3, -0.25) is 0 Å². The van der Waals surface area contributed by atoms with Crippen molar-refractivity contribution in [1.82, 2.24) is 9.55 Å². The molecule has 4 aromatic rings. The van der Waals surface area contributed by atoms with Crippen LogP contribution in [0.3, 0.4) is 0 Å². The first-order chi connectivity index (χ1) is 16.2. The lowest BCUT2D eigenvalue weighted by molar-refractivity contribution is 0.302. The van der Waals surface area contributed by atoms with Crippen molar-refractivity contribution in [3.05, 3.63) is 60.7 Å². The summed E-state index contributed by atoms with van der Waals surface area (Å²) < 4.78 is 29.9. The Bertz CT molecular complexity index is 1190. The highest BCUT2D eigenvalue weighted by atomic mass is 16.5. The molecule has 0 amide bonds. The smallest absolute Gasteiger partial charge is 0.203 e. The number of methoxy groups -OCH3 is 4. The molecule has 1 heterocycles. The van der Waals surface area contributed by atoms with Gasteiger partial charge in [-0.1, -0.05) is 12.1 Å². The number of para-hydroxylation sites is 2. The van der Waals surface area contributed by atoms with Crippen LogP contribution in [0.2, 0.25) is 0 Å². The molecular weight excluding hydrogens is 420 g/mol. The minimum absolute atomic E-state index is 0.555. The summed E-state index contributed by atoms with van der Waals surface area (Å²) in [6.45, 7) is 1.32. The second-order valence-corrected chi connectivity index (χ2v) is 7.37. The number of aryl methyl sites for hydroxylation is 1. The molecule has 0 saturated heterocycles. The summed E-state index contributed by atoms with van der Waals surface area (Å²) >= 11 is 0. The molecule has 0 aliphatic rings. The zero-order valence-electron chi connectivity index (χ0n) is 19.3. The average Bonchev–Trinajstić information content (AvgIpc) is 3.24. The summed E-state index contributed by atoms with van der Waals surface area (Å²) in [5.74, 6) is 4.19. The lowest BCUT2D eigenvalue weighted by atomic mass is 10.1. The van der Waals surface area contributed by atoms with Crippen LogP contribution in [0.4, 0.5) is 0 Å². The van der Waals surface area contributed by atoms with Crippen molar-refractivity contribution in [2.45, 2.75) is 13.0 Å². The summed E-state index contributed by atoms with van der Waals surface area (Å²) in [6.07, 6.45) is 0.809. The monoisotopic (exact) mass is 448 g/mol. The first kappa shape index (κ1) is 22.3. The van der Waals surface area contributed by atoms with E-state index in [0.717, 1.165) is 46.9 Å². The van der Waals surface area contributed by atoms with Gasteiger partial charge in [0.05, 0.1) is 46.1 Å². The highest BCUT2D eigenvalue weighted by molar-refractivity contribution is 5.81. The van der Waals surface area contributed by atoms with Gasteiger partial charge in [0.25, 0.3) is 0 Å². The van der Waals surface area contributed by atoms with Gasteiger partial charge in [-0.15, -0.1) is 0 Å². The standard InChI is InChI=1S/C26H28N2O5/c1-29-19-10-12-20(13-11-19)33-15-7-14-28-22-9-6-5-8-21(22)27-26(28)18-16-23(30-2)25(32-4)24(17-18)31-3/h5-6,8-13,16-17H,7,14-15H2,1-4H3. The van der Waals surface area contributed by atoms with Gasteiger partial charge in [0.1, 0.15) is 17.3 Å². The highest BCUT2D eigenvalue weighted by Gasteiger charge is 2.18. The van der Waals surface area contributed by atoms with E-state index in [9.17, 15) is 0 Å². The Morgan fingerprint density at radius 2 is 1.42 bits per heavy atom. The zero-order valence-corrected chi connectivity index (χ0v) is 19.3. The first-order valence-electron chi connectivity index (χ1n) is 10.7. The van der Waals surface area contributed by atoms with E-state index in [4.69, 9.17) is 28.7 Å². The van der Waals surface area contributed by atoms with Crippen molar-refractivity contribution in [1.29, 1.82) is 0 Å². The Kier molecular flexibility index (Phi) is 6.88. The van der Waals surface area contributed by atoms with E-state index < -0.39 is 0 Å². The van der Waals surface area contributed by atoms with Gasteiger partial charge in [0, 0.05) is 12.1 Å². The fourth-order valence-corrected chi connectivity index (χ4v) is 3.82. The van der Waals surface area contributed by atoms with E-state index in [1.807, 2.05) is 54.6 Å². The van der Waals surface area contributed by atoms with Gasteiger partial charge in [0.2, 0.25) is 5.75 Å². The van der Waals surface area contributed by atoms with Gasteiger partial charge >= 0.3 is 0 Å². The molecule has 4 rings (SSSR count). The highest BCUT2D eigenvalue weighted by Crippen LogP contribution is 2.41. The van der Waals surface area contributed by atoms with Crippen molar-refractivity contribution >= 4 is 11.0 Å². The van der Waals surface area contributed by atoms with E-state index in [2.05, 4.69) is 10.6 Å². The molecule has 0 N–H and O–H groups in total. The van der Waals surface area contributed by atoms with Gasteiger partial charge in [-0.05, 0) is 55.0 Å². The molecule has 0 radical (unpaired) electrons. The van der Waals surface area contributed by atoms with Crippen molar-refractivity contribution in [3.63, 3.8) is 0 Å². The molecular formula is C26H28N2O5. The Morgan fingerprint density at radius 3 is 2.06 bits per heavy atom. The summed E-state index contributed by atoms with van der Waals surface area (Å²) in [4.78, 5) is 4.90. The number of imidazole rings is 1. The quantitative estimate of drug-likeness (QED) is 0.311. The van der Waals surface area contributed by atoms with Gasteiger partial charge in [0.15, 0.2) is 11.5 Å². The Hall–Kier alpha value is -3.87. The lowest BCUT2D eigenvalue weighted by Crippen LogP contribution is -2.06. The number of fused-ring (bicyclic) bond motifs is 1. The van der Waals surface area contributed by atoms with Gasteiger partial charge < -0.3 is 28.3 Å². The predicted molar refractivity (Wildman–Crippen MR) is 128 cm³/mol. The molecule has 0 bridgehead atoms. The largest absolute Gasteiger partial charge is 0.497 e. The number of hydrogen-bond acceptors (Lipinski definition) is 6. The van der Waals surface area contributed by atoms with E-state index in [-0.39, 0.29) is 0 Å². The van der Waals surface area contributed by atoms with Crippen molar-refractivity contribution in [2.75, 3.05) is 35.0 Å². The molecule has 0 atom stereocenters. The number of nitrogens with zero attached hydrogens (tertiary/aromatic N) is 2. The molecule has 3 aromatic carbocycles. The second kappa shape index (κ2) is 10.2. The Morgan fingerprint density at radius 1 is 0.758 bits per heavy atom. The number of ether oxygens (including phenoxy) is 5. The van der Waals surface area contributed by atoms with Crippen molar-refractivity contribution in [2.24, 2.45) is 0 Å². The fourth-order valence-electron chi connectivity index (χ4n) is 3.82. The molecule has 33 heavy (non-hydrogen) atoms. The molecule has 0 aliphatic heterocycles. The molecule has 0 fully saturated rings. The summed E-state index contributed by atoms with van der Waals surface area (Å²) in [5.41, 5.74) is 2.87. The van der Waals surface area contributed by atoms with Crippen LogP contribution in [0.15, 0.2) is 60.7 Å². The van der Waals surface area contributed by atoms with E-state index in [1.54, 1.807) is 28.4 Å². The number of rotatable bonds is 10. The summed E-state index contributed by atoms with van der Waals surface area (Å²) in [7, 11) is 6.47. The minimum atomic E-state index is 0.555. The first-order valence-corrected chi connectivity index (χ1v) is 10.7. The number of hydrogen-bond donors (Lipinski definition) is 0. The molecule has 7 heteroatoms. The van der Waals surface area contributed by atoms with Crippen LogP contribution in [-0.2, 0) is 6.54 Å². The fraction of sp³-hybridized carbons (Fsp3) is 0.269. The van der Waals surface area contributed by atoms with Gasteiger partial charge in [-0.2, -0.15) is 0 Å². The van der Waals surface area contributed by atoms with Gasteiger partial charge in [-0.25, -0.2) is 4.98 Å². The Balaban J connectivity index is 1.61. The third-order valence-corrected chi connectivity index (χ3v) is 5.43. The Labute approximate surface area is 193 Å². The van der Waals surface area contributed by atoms with Crippen LogP contribution in [0.25, 0.3) is 22.4 Å². The summed E-state index contributed by atoms with van der Waals surface area (Å²) in [5, 5.41) is 0. The van der Waals surface area contributed by atoms with Crippen molar-refractivity contribution in [3.8, 4) is 40.1 Å². The molecule has 0 spiro atoms. The number of aromatic nitrogens is 2. The molecule has 0 saturated carbocycles. The number of benzene rings is 3. The SMILES string of the molecule is COc1ccc(OCCCn2c(-c3cc(OC)c(OC)c(OC)c3)nc3ccccc32)cc1. The molecule has 172 valence electrons. The topological polar surface area (TPSA) is 64.0 Å².